The van der Waals surface area contributed by atoms with E-state index in [9.17, 15) is 0 Å². The maximum Gasteiger partial charge on any atom is 0.0209 e. The van der Waals surface area contributed by atoms with E-state index >= 15 is 0 Å². The van der Waals surface area contributed by atoms with Gasteiger partial charge in [-0.25, -0.2) is 0 Å². The number of halogens is 1. The number of aryl methyl sites for hydroxylation is 2. The van der Waals surface area contributed by atoms with Gasteiger partial charge in [0.2, 0.25) is 0 Å². The molecule has 0 aliphatic heterocycles. The van der Waals surface area contributed by atoms with Crippen molar-refractivity contribution >= 4 is 15.9 Å². The topological polar surface area (TPSA) is 0 Å². The van der Waals surface area contributed by atoms with Crippen LogP contribution in [0.4, 0.5) is 0 Å². The molecule has 1 aromatic carbocycles. The van der Waals surface area contributed by atoms with Crippen LogP contribution in [0.1, 0.15) is 37.0 Å². The van der Waals surface area contributed by atoms with Gasteiger partial charge in [-0.15, -0.1) is 0 Å². The van der Waals surface area contributed by atoms with Crippen molar-refractivity contribution < 1.29 is 0 Å². The summed E-state index contributed by atoms with van der Waals surface area (Å²) in [5.74, 6) is 0.707. The molecule has 0 heterocycles. The van der Waals surface area contributed by atoms with E-state index in [0.717, 1.165) is 6.42 Å². The monoisotopic (exact) mass is 266 g/mol. The summed E-state index contributed by atoms with van der Waals surface area (Å²) in [6.45, 7) is 4.54. The van der Waals surface area contributed by atoms with Gasteiger partial charge in [-0.3, -0.25) is 0 Å². The fraction of sp³-hybridized carbons (Fsp3) is 0.571. The second-order valence-electron chi connectivity index (χ2n) is 4.92. The first-order valence-corrected chi connectivity index (χ1v) is 6.83. The van der Waals surface area contributed by atoms with Crippen LogP contribution >= 0.6 is 15.9 Å². The second kappa shape index (κ2) is 4.69. The molecule has 0 bridgehead atoms. The Bertz CT molecular complexity index is 341. The molecule has 0 N–H and O–H groups in total. The second-order valence-corrected chi connectivity index (χ2v) is 6.10. The lowest BCUT2D eigenvalue weighted by atomic mass is 9.99. The lowest BCUT2D eigenvalue weighted by Crippen LogP contribution is -2.10. The van der Waals surface area contributed by atoms with Gasteiger partial charge in [0.25, 0.3) is 0 Å². The van der Waals surface area contributed by atoms with Gasteiger partial charge in [0, 0.05) is 4.83 Å². The largest absolute Gasteiger partial charge is 0.0884 e. The fourth-order valence-corrected chi connectivity index (χ4v) is 2.59. The Labute approximate surface area is 101 Å². The number of hydrogen-bond acceptors (Lipinski definition) is 0. The molecular formula is C14H19Br. The minimum atomic E-state index is 0.608. The Kier molecular flexibility index (Phi) is 3.50. The van der Waals surface area contributed by atoms with Crippen LogP contribution in [0.2, 0.25) is 0 Å². The molecule has 2 rings (SSSR count). The normalized spacial score (nSPS) is 16.8. The van der Waals surface area contributed by atoms with Gasteiger partial charge in [-0.05, 0) is 48.3 Å². The Morgan fingerprint density at radius 2 is 1.93 bits per heavy atom. The average Bonchev–Trinajstić information content (AvgIpc) is 2.64. The number of hydrogen-bond donors (Lipinski definition) is 0. The molecule has 1 heteroatoms. The SMILES string of the molecule is CC(C)C(Br)Cc1ccc2c(c1)CCC2. The number of rotatable bonds is 3. The number of fused-ring (bicyclic) bond motifs is 1. The third kappa shape index (κ3) is 2.63. The Balaban J connectivity index is 2.10. The molecule has 0 nitrogen and oxygen atoms in total. The first-order chi connectivity index (χ1) is 7.16. The maximum atomic E-state index is 3.76. The van der Waals surface area contributed by atoms with Crippen molar-refractivity contribution in [1.29, 1.82) is 0 Å². The molecule has 1 aromatic rings. The minimum absolute atomic E-state index is 0.608. The molecule has 0 fully saturated rings. The molecule has 82 valence electrons. The molecule has 1 unspecified atom stereocenters. The third-order valence-corrected chi connectivity index (χ3v) is 4.70. The number of alkyl halides is 1. The summed E-state index contributed by atoms with van der Waals surface area (Å²) < 4.78 is 0. The van der Waals surface area contributed by atoms with Crippen LogP contribution in [-0.4, -0.2) is 4.83 Å². The summed E-state index contributed by atoms with van der Waals surface area (Å²) in [5.41, 5.74) is 4.66. The fourth-order valence-electron chi connectivity index (χ4n) is 2.21. The van der Waals surface area contributed by atoms with Gasteiger partial charge in [-0.2, -0.15) is 0 Å². The molecule has 15 heavy (non-hydrogen) atoms. The van der Waals surface area contributed by atoms with E-state index in [1.165, 1.54) is 24.8 Å². The van der Waals surface area contributed by atoms with E-state index < -0.39 is 0 Å². The lowest BCUT2D eigenvalue weighted by molar-refractivity contribution is 0.613. The summed E-state index contributed by atoms with van der Waals surface area (Å²) in [5, 5.41) is 0. The zero-order valence-electron chi connectivity index (χ0n) is 9.59. The highest BCUT2D eigenvalue weighted by atomic mass is 79.9. The van der Waals surface area contributed by atoms with Crippen molar-refractivity contribution in [3.05, 3.63) is 34.9 Å². The molecule has 0 saturated heterocycles. The van der Waals surface area contributed by atoms with Crippen molar-refractivity contribution in [3.8, 4) is 0 Å². The molecular weight excluding hydrogens is 248 g/mol. The predicted molar refractivity (Wildman–Crippen MR) is 69.7 cm³/mol. The van der Waals surface area contributed by atoms with Crippen molar-refractivity contribution in [2.24, 2.45) is 5.92 Å². The Morgan fingerprint density at radius 1 is 1.20 bits per heavy atom. The highest BCUT2D eigenvalue weighted by Gasteiger charge is 2.13. The smallest absolute Gasteiger partial charge is 0.0209 e. The summed E-state index contributed by atoms with van der Waals surface area (Å²) in [6.07, 6.45) is 5.08. The van der Waals surface area contributed by atoms with Crippen LogP contribution in [0, 0.1) is 5.92 Å². The van der Waals surface area contributed by atoms with Gasteiger partial charge < -0.3 is 0 Å². The summed E-state index contributed by atoms with van der Waals surface area (Å²) in [7, 11) is 0. The minimum Gasteiger partial charge on any atom is -0.0884 e. The van der Waals surface area contributed by atoms with E-state index in [4.69, 9.17) is 0 Å². The van der Waals surface area contributed by atoms with Gasteiger partial charge in [0.15, 0.2) is 0 Å². The molecule has 0 amide bonds. The van der Waals surface area contributed by atoms with Crippen molar-refractivity contribution in [2.45, 2.75) is 44.4 Å². The standard InChI is InChI=1S/C14H19Br/c1-10(2)14(15)9-11-6-7-12-4-3-5-13(12)8-11/h6-8,10,14H,3-5,9H2,1-2H3. The Hall–Kier alpha value is -0.300. The van der Waals surface area contributed by atoms with E-state index in [0.29, 0.717) is 10.7 Å². The van der Waals surface area contributed by atoms with Gasteiger partial charge in [0.05, 0.1) is 0 Å². The summed E-state index contributed by atoms with van der Waals surface area (Å²) in [6, 6.07) is 7.05. The molecule has 1 atom stereocenters. The lowest BCUT2D eigenvalue weighted by Gasteiger charge is -2.14. The molecule has 0 radical (unpaired) electrons. The van der Waals surface area contributed by atoms with Crippen LogP contribution in [-0.2, 0) is 19.3 Å². The first kappa shape index (κ1) is 11.2. The van der Waals surface area contributed by atoms with Crippen molar-refractivity contribution in [2.75, 3.05) is 0 Å². The van der Waals surface area contributed by atoms with Gasteiger partial charge >= 0.3 is 0 Å². The molecule has 0 spiro atoms. The first-order valence-electron chi connectivity index (χ1n) is 5.91. The molecule has 1 aliphatic rings. The molecule has 0 aromatic heterocycles. The Morgan fingerprint density at radius 3 is 2.67 bits per heavy atom. The van der Waals surface area contributed by atoms with Gasteiger partial charge in [0.1, 0.15) is 0 Å². The van der Waals surface area contributed by atoms with Crippen LogP contribution in [0.15, 0.2) is 18.2 Å². The zero-order valence-corrected chi connectivity index (χ0v) is 11.2. The van der Waals surface area contributed by atoms with E-state index in [2.05, 4.69) is 48.0 Å². The van der Waals surface area contributed by atoms with Crippen LogP contribution in [0.5, 0.6) is 0 Å². The quantitative estimate of drug-likeness (QED) is 0.722. The molecule has 0 saturated carbocycles. The third-order valence-electron chi connectivity index (χ3n) is 3.32. The van der Waals surface area contributed by atoms with Gasteiger partial charge in [-0.1, -0.05) is 48.0 Å². The zero-order chi connectivity index (χ0) is 10.8. The average molecular weight is 267 g/mol. The maximum absolute atomic E-state index is 3.76. The van der Waals surface area contributed by atoms with Crippen LogP contribution in [0.3, 0.4) is 0 Å². The van der Waals surface area contributed by atoms with E-state index in [-0.39, 0.29) is 0 Å². The highest BCUT2D eigenvalue weighted by Crippen LogP contribution is 2.25. The van der Waals surface area contributed by atoms with Crippen molar-refractivity contribution in [3.63, 3.8) is 0 Å². The van der Waals surface area contributed by atoms with Crippen LogP contribution in [0.25, 0.3) is 0 Å². The van der Waals surface area contributed by atoms with Crippen LogP contribution < -0.4 is 0 Å². The highest BCUT2D eigenvalue weighted by molar-refractivity contribution is 9.09. The summed E-state index contributed by atoms with van der Waals surface area (Å²) >= 11 is 3.76. The summed E-state index contributed by atoms with van der Waals surface area (Å²) in [4.78, 5) is 0.608. The number of benzene rings is 1. The van der Waals surface area contributed by atoms with E-state index in [1.807, 2.05) is 0 Å². The van der Waals surface area contributed by atoms with E-state index in [1.54, 1.807) is 11.1 Å². The predicted octanol–water partition coefficient (Wildman–Crippen LogP) is 4.14. The molecule has 1 aliphatic carbocycles. The van der Waals surface area contributed by atoms with Crippen molar-refractivity contribution in [1.82, 2.24) is 0 Å².